The van der Waals surface area contributed by atoms with E-state index < -0.39 is 0 Å². The molecule has 0 atom stereocenters. The second-order valence-corrected chi connectivity index (χ2v) is 7.43. The molecule has 0 saturated carbocycles. The lowest BCUT2D eigenvalue weighted by Crippen LogP contribution is -2.38. The van der Waals surface area contributed by atoms with Gasteiger partial charge in [0.05, 0.1) is 7.11 Å². The van der Waals surface area contributed by atoms with Gasteiger partial charge in [0, 0.05) is 46.0 Å². The maximum Gasteiger partial charge on any atom is 0.321 e. The predicted molar refractivity (Wildman–Crippen MR) is 121 cm³/mol. The number of benzene rings is 2. The minimum atomic E-state index is -0.0207. The number of guanidine groups is 1. The summed E-state index contributed by atoms with van der Waals surface area (Å²) in [4.78, 5) is 20.6. The number of carbonyl (C=O) groups is 1. The lowest BCUT2D eigenvalue weighted by molar-refractivity contribution is 0.222. The van der Waals surface area contributed by atoms with Crippen LogP contribution in [0.4, 0.5) is 10.5 Å². The minimum Gasteiger partial charge on any atom is -0.497 e. The number of methoxy groups -OCH3 is 1. The summed E-state index contributed by atoms with van der Waals surface area (Å²) in [5, 5.41) is 6.39. The van der Waals surface area contributed by atoms with E-state index in [2.05, 4.69) is 32.7 Å². The van der Waals surface area contributed by atoms with Crippen molar-refractivity contribution in [3.63, 3.8) is 0 Å². The normalized spacial score (nSPS) is 13.8. The number of amides is 2. The van der Waals surface area contributed by atoms with Crippen LogP contribution in [0.5, 0.6) is 5.75 Å². The van der Waals surface area contributed by atoms with Crippen LogP contribution in [0.3, 0.4) is 0 Å². The summed E-state index contributed by atoms with van der Waals surface area (Å²) in [6.07, 6.45) is 2.17. The van der Waals surface area contributed by atoms with Gasteiger partial charge in [-0.1, -0.05) is 24.3 Å². The highest BCUT2D eigenvalue weighted by molar-refractivity contribution is 5.89. The van der Waals surface area contributed by atoms with Gasteiger partial charge in [0.1, 0.15) is 5.75 Å². The van der Waals surface area contributed by atoms with Crippen LogP contribution in [-0.2, 0) is 13.1 Å². The Labute approximate surface area is 178 Å². The van der Waals surface area contributed by atoms with Crippen molar-refractivity contribution in [1.82, 2.24) is 15.1 Å². The highest BCUT2D eigenvalue weighted by Crippen LogP contribution is 2.15. The molecule has 1 fully saturated rings. The Morgan fingerprint density at radius 2 is 1.87 bits per heavy atom. The molecule has 2 aromatic carbocycles. The van der Waals surface area contributed by atoms with Crippen molar-refractivity contribution in [2.45, 2.75) is 25.9 Å². The molecule has 1 heterocycles. The van der Waals surface area contributed by atoms with Gasteiger partial charge >= 0.3 is 6.03 Å². The third-order valence-electron chi connectivity index (χ3n) is 5.17. The van der Waals surface area contributed by atoms with Gasteiger partial charge in [-0.2, -0.15) is 0 Å². The first-order chi connectivity index (χ1) is 14.6. The number of likely N-dealkylation sites (tertiary alicyclic amines) is 1. The Kier molecular flexibility index (Phi) is 7.54. The van der Waals surface area contributed by atoms with Crippen molar-refractivity contribution >= 4 is 17.7 Å². The molecule has 2 amide bonds. The summed E-state index contributed by atoms with van der Waals surface area (Å²) < 4.78 is 5.21. The van der Waals surface area contributed by atoms with E-state index in [-0.39, 0.29) is 6.03 Å². The molecule has 0 aliphatic carbocycles. The molecule has 30 heavy (non-hydrogen) atoms. The molecule has 0 radical (unpaired) electrons. The number of carbonyl (C=O) groups excluding carboxylic acids is 1. The van der Waals surface area contributed by atoms with Crippen LogP contribution < -0.4 is 15.4 Å². The number of aliphatic imine (C=N–C) groups is 1. The van der Waals surface area contributed by atoms with Crippen LogP contribution in [-0.4, -0.2) is 56.1 Å². The van der Waals surface area contributed by atoms with Crippen LogP contribution in [0.1, 0.15) is 24.0 Å². The fourth-order valence-corrected chi connectivity index (χ4v) is 3.53. The second kappa shape index (κ2) is 10.5. The monoisotopic (exact) mass is 409 g/mol. The Morgan fingerprint density at radius 3 is 2.53 bits per heavy atom. The van der Waals surface area contributed by atoms with Gasteiger partial charge < -0.3 is 25.2 Å². The largest absolute Gasteiger partial charge is 0.497 e. The summed E-state index contributed by atoms with van der Waals surface area (Å²) in [5.41, 5.74) is 3.06. The van der Waals surface area contributed by atoms with Crippen molar-refractivity contribution in [2.75, 3.05) is 39.6 Å². The Morgan fingerprint density at radius 1 is 1.13 bits per heavy atom. The molecule has 7 nitrogen and oxygen atoms in total. The lowest BCUT2D eigenvalue weighted by atomic mass is 10.2. The molecule has 1 saturated heterocycles. The Hall–Kier alpha value is -3.22. The molecule has 160 valence electrons. The summed E-state index contributed by atoms with van der Waals surface area (Å²) in [7, 11) is 5.45. The molecule has 2 aromatic rings. The number of anilines is 1. The van der Waals surface area contributed by atoms with Gasteiger partial charge in [-0.25, -0.2) is 4.79 Å². The van der Waals surface area contributed by atoms with Crippen molar-refractivity contribution < 1.29 is 9.53 Å². The molecule has 1 aliphatic rings. The zero-order valence-electron chi connectivity index (χ0n) is 18.0. The van der Waals surface area contributed by atoms with Crippen LogP contribution in [0.2, 0.25) is 0 Å². The maximum atomic E-state index is 12.3. The number of nitrogens with zero attached hydrogens (tertiary/aromatic N) is 3. The lowest BCUT2D eigenvalue weighted by Gasteiger charge is -2.22. The number of urea groups is 1. The van der Waals surface area contributed by atoms with Crippen molar-refractivity contribution in [3.8, 4) is 5.75 Å². The average Bonchev–Trinajstić information content (AvgIpc) is 3.30. The topological polar surface area (TPSA) is 69.2 Å². The van der Waals surface area contributed by atoms with E-state index >= 15 is 0 Å². The summed E-state index contributed by atoms with van der Waals surface area (Å²) >= 11 is 0. The smallest absolute Gasteiger partial charge is 0.321 e. The van der Waals surface area contributed by atoms with Gasteiger partial charge in [-0.3, -0.25) is 4.99 Å². The molecule has 1 aliphatic heterocycles. The highest BCUT2D eigenvalue weighted by Gasteiger charge is 2.17. The quantitative estimate of drug-likeness (QED) is 0.566. The summed E-state index contributed by atoms with van der Waals surface area (Å²) in [5.74, 6) is 1.65. The fraction of sp³-hybridized carbons (Fsp3) is 0.391. The molecule has 0 bridgehead atoms. The van der Waals surface area contributed by atoms with E-state index in [4.69, 9.17) is 4.74 Å². The summed E-state index contributed by atoms with van der Waals surface area (Å²) in [6.45, 7) is 3.02. The van der Waals surface area contributed by atoms with Gasteiger partial charge in [0.15, 0.2) is 5.96 Å². The van der Waals surface area contributed by atoms with Gasteiger partial charge in [0.25, 0.3) is 0 Å². The number of ether oxygens (including phenoxy) is 1. The van der Waals surface area contributed by atoms with Crippen molar-refractivity contribution in [1.29, 1.82) is 0 Å². The average molecular weight is 410 g/mol. The predicted octanol–water partition coefficient (Wildman–Crippen LogP) is 3.53. The maximum absolute atomic E-state index is 12.3. The van der Waals surface area contributed by atoms with Crippen LogP contribution >= 0.6 is 0 Å². The van der Waals surface area contributed by atoms with E-state index in [0.717, 1.165) is 55.4 Å². The van der Waals surface area contributed by atoms with E-state index in [1.54, 1.807) is 14.2 Å². The molecule has 2 N–H and O–H groups in total. The molecule has 0 unspecified atom stereocenters. The number of nitrogens with one attached hydrogen (secondary N) is 2. The van der Waals surface area contributed by atoms with Crippen LogP contribution in [0.15, 0.2) is 53.5 Å². The van der Waals surface area contributed by atoms with Crippen LogP contribution in [0, 0.1) is 0 Å². The zero-order valence-corrected chi connectivity index (χ0v) is 18.0. The SMILES string of the molecule is CN=C(NCc1cccc(NC(=O)N2CCCC2)c1)N(C)Cc1ccc(OC)cc1. The zero-order chi connectivity index (χ0) is 21.3. The molecular weight excluding hydrogens is 378 g/mol. The minimum absolute atomic E-state index is 0.0207. The second-order valence-electron chi connectivity index (χ2n) is 7.43. The van der Waals surface area contributed by atoms with Gasteiger partial charge in [0.2, 0.25) is 0 Å². The van der Waals surface area contributed by atoms with E-state index in [0.29, 0.717) is 6.54 Å². The fourth-order valence-electron chi connectivity index (χ4n) is 3.53. The van der Waals surface area contributed by atoms with E-state index in [1.165, 1.54) is 5.56 Å². The molecule has 0 aromatic heterocycles. The number of hydrogen-bond donors (Lipinski definition) is 2. The van der Waals surface area contributed by atoms with Gasteiger partial charge in [-0.15, -0.1) is 0 Å². The molecular formula is C23H31N5O2. The Balaban J connectivity index is 1.54. The van der Waals surface area contributed by atoms with Crippen molar-refractivity contribution in [3.05, 3.63) is 59.7 Å². The van der Waals surface area contributed by atoms with Crippen LogP contribution in [0.25, 0.3) is 0 Å². The molecule has 3 rings (SSSR count). The number of rotatable bonds is 6. The first kappa shape index (κ1) is 21.5. The first-order valence-corrected chi connectivity index (χ1v) is 10.3. The van der Waals surface area contributed by atoms with Gasteiger partial charge in [-0.05, 0) is 48.2 Å². The highest BCUT2D eigenvalue weighted by atomic mass is 16.5. The summed E-state index contributed by atoms with van der Waals surface area (Å²) in [6, 6.07) is 15.9. The van der Waals surface area contributed by atoms with E-state index in [1.807, 2.05) is 48.3 Å². The van der Waals surface area contributed by atoms with E-state index in [9.17, 15) is 4.79 Å². The molecule has 0 spiro atoms. The first-order valence-electron chi connectivity index (χ1n) is 10.3. The van der Waals surface area contributed by atoms with Crippen molar-refractivity contribution in [2.24, 2.45) is 4.99 Å². The third kappa shape index (κ3) is 5.89. The standard InChI is InChI=1S/C23H31N5O2/c1-24-22(27(2)17-18-9-11-21(30-3)12-10-18)25-16-19-7-6-8-20(15-19)26-23(29)28-13-4-5-14-28/h6-12,15H,4-5,13-14,16-17H2,1-3H3,(H,24,25)(H,26,29). The number of hydrogen-bond acceptors (Lipinski definition) is 3. The Bertz CT molecular complexity index is 860. The molecule has 7 heteroatoms. The third-order valence-corrected chi connectivity index (χ3v) is 5.17.